The summed E-state index contributed by atoms with van der Waals surface area (Å²) in [5, 5.41) is 5.88. The Hall–Kier alpha value is -3.13. The molecule has 0 aliphatic rings. The second kappa shape index (κ2) is 9.13. The molecule has 1 N–H and O–H groups in total. The molecule has 30 heavy (non-hydrogen) atoms. The number of aromatic nitrogens is 1. The van der Waals surface area contributed by atoms with Gasteiger partial charge in [0.15, 0.2) is 5.13 Å². The first-order valence-corrected chi connectivity index (χ1v) is 10.4. The van der Waals surface area contributed by atoms with Crippen molar-refractivity contribution in [3.05, 3.63) is 46.2 Å². The molecule has 0 bridgehead atoms. The Morgan fingerprint density at radius 2 is 2.10 bits per heavy atom. The van der Waals surface area contributed by atoms with E-state index in [2.05, 4.69) is 10.3 Å². The van der Waals surface area contributed by atoms with Crippen molar-refractivity contribution >= 4 is 44.9 Å². The van der Waals surface area contributed by atoms with E-state index in [0.717, 1.165) is 33.2 Å². The van der Waals surface area contributed by atoms with Crippen molar-refractivity contribution in [1.29, 1.82) is 0 Å². The number of nitrogens with one attached hydrogen (secondary N) is 1. The summed E-state index contributed by atoms with van der Waals surface area (Å²) in [5.41, 5.74) is 4.82. The van der Waals surface area contributed by atoms with Crippen LogP contribution in [0.15, 0.2) is 28.2 Å². The van der Waals surface area contributed by atoms with Gasteiger partial charge in [0.05, 0.1) is 32.1 Å². The number of fused-ring (bicyclic) bond motifs is 1. The fraction of sp³-hybridized carbons (Fsp3) is 0.318. The molecule has 3 aromatic rings. The number of rotatable bonds is 7. The molecule has 0 aliphatic heterocycles. The van der Waals surface area contributed by atoms with E-state index >= 15 is 0 Å². The van der Waals surface area contributed by atoms with Crippen LogP contribution >= 0.6 is 11.3 Å². The van der Waals surface area contributed by atoms with Crippen LogP contribution in [0.5, 0.6) is 5.75 Å². The fourth-order valence-corrected chi connectivity index (χ4v) is 3.93. The number of methoxy groups -OCH3 is 1. The van der Waals surface area contributed by atoms with Gasteiger partial charge in [-0.3, -0.25) is 14.9 Å². The van der Waals surface area contributed by atoms with Gasteiger partial charge < -0.3 is 13.9 Å². The number of ether oxygens (including phenoxy) is 2. The smallest absolute Gasteiger partial charge is 0.311 e. The summed E-state index contributed by atoms with van der Waals surface area (Å²) >= 11 is 1.26. The predicted octanol–water partition coefficient (Wildman–Crippen LogP) is 4.66. The Bertz CT molecular complexity index is 1130. The van der Waals surface area contributed by atoms with E-state index in [-0.39, 0.29) is 18.3 Å². The Morgan fingerprint density at radius 3 is 2.80 bits per heavy atom. The molecule has 0 saturated heterocycles. The number of furan rings is 1. The number of carbonyl (C=O) groups excluding carboxylic acids is 2. The molecule has 7 nitrogen and oxygen atoms in total. The van der Waals surface area contributed by atoms with Crippen LogP contribution in [0, 0.1) is 13.8 Å². The van der Waals surface area contributed by atoms with Crippen LogP contribution in [0.2, 0.25) is 0 Å². The van der Waals surface area contributed by atoms with Gasteiger partial charge in [-0.2, -0.15) is 0 Å². The molecule has 1 amide bonds. The van der Waals surface area contributed by atoms with E-state index in [1.807, 2.05) is 26.8 Å². The second-order valence-electron chi connectivity index (χ2n) is 6.82. The first-order valence-electron chi connectivity index (χ1n) is 9.49. The average Bonchev–Trinajstić information content (AvgIpc) is 3.28. The van der Waals surface area contributed by atoms with Crippen molar-refractivity contribution in [2.45, 2.75) is 34.1 Å². The molecule has 0 unspecified atom stereocenters. The summed E-state index contributed by atoms with van der Waals surface area (Å²) < 4.78 is 16.1. The number of allylic oxidation sites excluding steroid dienone is 1. The highest BCUT2D eigenvalue weighted by atomic mass is 32.1. The van der Waals surface area contributed by atoms with Gasteiger partial charge in [-0.25, -0.2) is 4.98 Å². The third-order valence-corrected chi connectivity index (χ3v) is 5.43. The molecule has 8 heteroatoms. The normalized spacial score (nSPS) is 11.6. The van der Waals surface area contributed by atoms with Gasteiger partial charge >= 0.3 is 5.97 Å². The van der Waals surface area contributed by atoms with Gasteiger partial charge in [0.2, 0.25) is 5.91 Å². The zero-order valence-electron chi connectivity index (χ0n) is 17.6. The maximum atomic E-state index is 12.5. The zero-order valence-corrected chi connectivity index (χ0v) is 18.4. The van der Waals surface area contributed by atoms with Crippen LogP contribution in [0.4, 0.5) is 5.13 Å². The predicted molar refractivity (Wildman–Crippen MR) is 117 cm³/mol. The van der Waals surface area contributed by atoms with Crippen LogP contribution in [0.25, 0.3) is 16.5 Å². The number of amides is 1. The lowest BCUT2D eigenvalue weighted by atomic mass is 9.98. The highest BCUT2D eigenvalue weighted by Gasteiger charge is 2.17. The molecule has 0 atom stereocenters. The van der Waals surface area contributed by atoms with Crippen LogP contribution in [0.1, 0.15) is 36.2 Å². The molecule has 0 saturated carbocycles. The van der Waals surface area contributed by atoms with E-state index in [1.165, 1.54) is 17.4 Å². The fourth-order valence-electron chi connectivity index (χ4n) is 3.22. The van der Waals surface area contributed by atoms with Crippen LogP contribution < -0.4 is 10.1 Å². The number of esters is 1. The van der Waals surface area contributed by atoms with E-state index in [0.29, 0.717) is 23.2 Å². The Morgan fingerprint density at radius 1 is 1.33 bits per heavy atom. The summed E-state index contributed by atoms with van der Waals surface area (Å²) in [6, 6.07) is 1.97. The SMILES string of the molecule is CCOC(=O)Cc1csc(NC(=O)/C=C(\C)c2cc3c(C)coc3c(C)c2OC)n1. The molecule has 0 spiro atoms. The maximum absolute atomic E-state index is 12.5. The van der Waals surface area contributed by atoms with E-state index < -0.39 is 0 Å². The van der Waals surface area contributed by atoms with Crippen molar-refractivity contribution in [3.8, 4) is 5.75 Å². The molecule has 0 aliphatic carbocycles. The molecule has 1 aromatic carbocycles. The van der Waals surface area contributed by atoms with E-state index in [4.69, 9.17) is 13.9 Å². The average molecular weight is 429 g/mol. The number of hydrogen-bond acceptors (Lipinski definition) is 7. The minimum Gasteiger partial charge on any atom is -0.496 e. The van der Waals surface area contributed by atoms with Gasteiger partial charge in [0.25, 0.3) is 0 Å². The maximum Gasteiger partial charge on any atom is 0.311 e. The number of thiazole rings is 1. The van der Waals surface area contributed by atoms with E-state index in [1.54, 1.807) is 25.7 Å². The van der Waals surface area contributed by atoms with Crippen molar-refractivity contribution < 1.29 is 23.5 Å². The van der Waals surface area contributed by atoms with Crippen LogP contribution in [-0.4, -0.2) is 30.6 Å². The molecule has 0 fully saturated rings. The van der Waals surface area contributed by atoms with Crippen molar-refractivity contribution in [3.63, 3.8) is 0 Å². The van der Waals surface area contributed by atoms with Crippen LogP contribution in [0.3, 0.4) is 0 Å². The summed E-state index contributed by atoms with van der Waals surface area (Å²) in [6.07, 6.45) is 3.30. The summed E-state index contributed by atoms with van der Waals surface area (Å²) in [5.74, 6) is 0.0152. The lowest BCUT2D eigenvalue weighted by Crippen LogP contribution is -2.10. The first-order chi connectivity index (χ1) is 14.3. The monoisotopic (exact) mass is 428 g/mol. The number of nitrogens with zero attached hydrogens (tertiary/aromatic N) is 1. The third-order valence-electron chi connectivity index (χ3n) is 4.63. The molecule has 0 radical (unpaired) electrons. The van der Waals surface area contributed by atoms with Gasteiger partial charge in [-0.1, -0.05) is 0 Å². The van der Waals surface area contributed by atoms with Gasteiger partial charge in [-0.15, -0.1) is 11.3 Å². The van der Waals surface area contributed by atoms with Crippen LogP contribution in [-0.2, 0) is 20.7 Å². The summed E-state index contributed by atoms with van der Waals surface area (Å²) in [7, 11) is 1.60. The Balaban J connectivity index is 1.80. The molecule has 3 rings (SSSR count). The minimum atomic E-state index is -0.344. The zero-order chi connectivity index (χ0) is 21.8. The largest absolute Gasteiger partial charge is 0.496 e. The molecule has 2 heterocycles. The highest BCUT2D eigenvalue weighted by Crippen LogP contribution is 2.37. The van der Waals surface area contributed by atoms with Gasteiger partial charge in [0, 0.05) is 28.0 Å². The van der Waals surface area contributed by atoms with E-state index in [9.17, 15) is 9.59 Å². The van der Waals surface area contributed by atoms with Crippen molar-refractivity contribution in [2.24, 2.45) is 0 Å². The highest BCUT2D eigenvalue weighted by molar-refractivity contribution is 7.14. The molecule has 2 aromatic heterocycles. The lowest BCUT2D eigenvalue weighted by molar-refractivity contribution is -0.142. The molecular weight excluding hydrogens is 404 g/mol. The number of anilines is 1. The third kappa shape index (κ3) is 4.54. The quantitative estimate of drug-likeness (QED) is 0.435. The first kappa shape index (κ1) is 21.6. The summed E-state index contributed by atoms with van der Waals surface area (Å²) in [4.78, 5) is 28.3. The number of aryl methyl sites for hydroxylation is 2. The minimum absolute atomic E-state index is 0.0790. The molecule has 158 valence electrons. The summed E-state index contributed by atoms with van der Waals surface area (Å²) in [6.45, 7) is 7.84. The van der Waals surface area contributed by atoms with Gasteiger partial charge in [0.1, 0.15) is 11.3 Å². The molecular formula is C22H24N2O5S. The second-order valence-corrected chi connectivity index (χ2v) is 7.68. The number of benzene rings is 1. The topological polar surface area (TPSA) is 90.7 Å². The Kier molecular flexibility index (Phi) is 6.56. The standard InChI is InChI=1S/C22H24N2O5S/c1-6-28-19(26)8-15-11-30-22(23-15)24-18(25)7-12(2)16-9-17-13(3)10-29-21(17)14(4)20(16)27-5/h7,9-11H,6,8H2,1-5H3,(H,23,24,25)/b12-7+. The van der Waals surface area contributed by atoms with Crippen molar-refractivity contribution in [2.75, 3.05) is 19.0 Å². The lowest BCUT2D eigenvalue weighted by Gasteiger charge is -2.13. The number of hydrogen-bond donors (Lipinski definition) is 1. The number of carbonyl (C=O) groups is 2. The van der Waals surface area contributed by atoms with Gasteiger partial charge in [-0.05, 0) is 44.9 Å². The Labute approximate surface area is 178 Å². The van der Waals surface area contributed by atoms with Crippen molar-refractivity contribution in [1.82, 2.24) is 4.98 Å².